The highest BCUT2D eigenvalue weighted by Gasteiger charge is 2.03. The number of hydrogen-bond donors (Lipinski definition) is 1. The van der Waals surface area contributed by atoms with E-state index in [9.17, 15) is 0 Å². The van der Waals surface area contributed by atoms with Gasteiger partial charge in [0.05, 0.1) is 7.11 Å². The summed E-state index contributed by atoms with van der Waals surface area (Å²) in [5.74, 6) is 0.657. The Balaban J connectivity index is 2.36. The molecule has 1 unspecified atom stereocenters. The molecule has 1 aromatic rings. The van der Waals surface area contributed by atoms with Crippen LogP contribution in [-0.2, 0) is 6.54 Å². The molecule has 0 amide bonds. The van der Waals surface area contributed by atoms with Crippen molar-refractivity contribution in [2.24, 2.45) is 0 Å². The molecule has 0 fully saturated rings. The number of hydrogen-bond acceptors (Lipinski definition) is 4. The van der Waals surface area contributed by atoms with Gasteiger partial charge in [-0.3, -0.25) is 0 Å². The molecular formula is C12H21N3O. The van der Waals surface area contributed by atoms with Gasteiger partial charge in [-0.2, -0.15) is 0 Å². The van der Waals surface area contributed by atoms with Crippen LogP contribution in [-0.4, -0.2) is 43.7 Å². The summed E-state index contributed by atoms with van der Waals surface area (Å²) in [6.45, 7) is 4.05. The lowest BCUT2D eigenvalue weighted by atomic mass is 10.2. The van der Waals surface area contributed by atoms with Crippen LogP contribution < -0.4 is 10.1 Å². The first-order valence-corrected chi connectivity index (χ1v) is 5.49. The molecule has 4 nitrogen and oxygen atoms in total. The molecule has 0 saturated heterocycles. The van der Waals surface area contributed by atoms with Crippen molar-refractivity contribution in [3.8, 4) is 5.88 Å². The van der Waals surface area contributed by atoms with Crippen molar-refractivity contribution < 1.29 is 4.74 Å². The van der Waals surface area contributed by atoms with Crippen molar-refractivity contribution in [3.63, 3.8) is 0 Å². The average molecular weight is 223 g/mol. The van der Waals surface area contributed by atoms with Gasteiger partial charge in [0.1, 0.15) is 0 Å². The summed E-state index contributed by atoms with van der Waals surface area (Å²) < 4.78 is 5.01. The van der Waals surface area contributed by atoms with Crippen LogP contribution in [0.5, 0.6) is 5.88 Å². The van der Waals surface area contributed by atoms with Crippen LogP contribution in [0.4, 0.5) is 0 Å². The van der Waals surface area contributed by atoms with Crippen LogP contribution in [0.15, 0.2) is 18.3 Å². The number of likely N-dealkylation sites (N-methyl/N-ethyl adjacent to an activating group) is 1. The normalized spacial score (nSPS) is 12.8. The van der Waals surface area contributed by atoms with E-state index in [1.807, 2.05) is 18.3 Å². The van der Waals surface area contributed by atoms with Crippen LogP contribution in [0.25, 0.3) is 0 Å². The van der Waals surface area contributed by atoms with Gasteiger partial charge in [0.2, 0.25) is 5.88 Å². The number of ether oxygens (including phenoxy) is 1. The van der Waals surface area contributed by atoms with Crippen molar-refractivity contribution in [3.05, 3.63) is 23.9 Å². The summed E-state index contributed by atoms with van der Waals surface area (Å²) in [5, 5.41) is 3.45. The van der Waals surface area contributed by atoms with E-state index in [2.05, 4.69) is 36.2 Å². The maximum absolute atomic E-state index is 5.01. The minimum atomic E-state index is 0.470. The van der Waals surface area contributed by atoms with Crippen LogP contribution >= 0.6 is 0 Å². The Hall–Kier alpha value is -1.13. The fourth-order valence-corrected chi connectivity index (χ4v) is 1.54. The van der Waals surface area contributed by atoms with Gasteiger partial charge in [-0.15, -0.1) is 0 Å². The highest BCUT2D eigenvalue weighted by atomic mass is 16.5. The predicted molar refractivity (Wildman–Crippen MR) is 65.6 cm³/mol. The minimum Gasteiger partial charge on any atom is -0.481 e. The average Bonchev–Trinajstić information content (AvgIpc) is 2.26. The molecule has 16 heavy (non-hydrogen) atoms. The van der Waals surface area contributed by atoms with E-state index in [-0.39, 0.29) is 0 Å². The first-order valence-electron chi connectivity index (χ1n) is 5.49. The molecule has 90 valence electrons. The standard InChI is InChI=1S/C12H21N3O/c1-10(9-15(2)3)13-7-11-5-6-12(16-4)14-8-11/h5-6,8,10,13H,7,9H2,1-4H3. The first kappa shape index (κ1) is 12.9. The molecule has 0 aliphatic rings. The second kappa shape index (κ2) is 6.45. The molecule has 0 radical (unpaired) electrons. The predicted octanol–water partition coefficient (Wildman–Crippen LogP) is 1.13. The van der Waals surface area contributed by atoms with E-state index in [4.69, 9.17) is 4.74 Å². The number of rotatable bonds is 6. The number of nitrogens with one attached hydrogen (secondary N) is 1. The van der Waals surface area contributed by atoms with Gasteiger partial charge in [-0.25, -0.2) is 4.98 Å². The van der Waals surface area contributed by atoms with Gasteiger partial charge in [-0.1, -0.05) is 6.07 Å². The summed E-state index contributed by atoms with van der Waals surface area (Å²) in [6, 6.07) is 4.38. The van der Waals surface area contributed by atoms with Gasteiger partial charge in [0.25, 0.3) is 0 Å². The summed E-state index contributed by atoms with van der Waals surface area (Å²) in [7, 11) is 5.78. The number of nitrogens with zero attached hydrogens (tertiary/aromatic N) is 2. The minimum absolute atomic E-state index is 0.470. The summed E-state index contributed by atoms with van der Waals surface area (Å²) in [6.07, 6.45) is 1.84. The molecule has 0 bridgehead atoms. The number of aromatic nitrogens is 1. The van der Waals surface area contributed by atoms with Crippen molar-refractivity contribution >= 4 is 0 Å². The van der Waals surface area contributed by atoms with E-state index in [0.29, 0.717) is 11.9 Å². The van der Waals surface area contributed by atoms with Gasteiger partial charge < -0.3 is 15.0 Å². The Morgan fingerprint density at radius 1 is 1.44 bits per heavy atom. The van der Waals surface area contributed by atoms with E-state index >= 15 is 0 Å². The van der Waals surface area contributed by atoms with Crippen LogP contribution in [0.3, 0.4) is 0 Å². The topological polar surface area (TPSA) is 37.4 Å². The van der Waals surface area contributed by atoms with Gasteiger partial charge in [-0.05, 0) is 26.6 Å². The Morgan fingerprint density at radius 2 is 2.19 bits per heavy atom. The van der Waals surface area contributed by atoms with E-state index in [0.717, 1.165) is 13.1 Å². The quantitative estimate of drug-likeness (QED) is 0.784. The molecule has 1 N–H and O–H groups in total. The van der Waals surface area contributed by atoms with Crippen molar-refractivity contribution in [1.82, 2.24) is 15.2 Å². The molecule has 0 aliphatic heterocycles. The maximum Gasteiger partial charge on any atom is 0.212 e. The lowest BCUT2D eigenvalue weighted by Gasteiger charge is -2.18. The second-order valence-corrected chi connectivity index (χ2v) is 4.25. The largest absolute Gasteiger partial charge is 0.481 e. The Labute approximate surface area is 97.6 Å². The highest BCUT2D eigenvalue weighted by Crippen LogP contribution is 2.06. The van der Waals surface area contributed by atoms with Crippen molar-refractivity contribution in [1.29, 1.82) is 0 Å². The molecule has 0 aromatic carbocycles. The van der Waals surface area contributed by atoms with Gasteiger partial charge >= 0.3 is 0 Å². The molecule has 1 rings (SSSR count). The SMILES string of the molecule is COc1ccc(CNC(C)CN(C)C)cn1. The molecule has 0 spiro atoms. The Bertz CT molecular complexity index is 298. The number of methoxy groups -OCH3 is 1. The third-order valence-corrected chi connectivity index (χ3v) is 2.30. The smallest absolute Gasteiger partial charge is 0.212 e. The fraction of sp³-hybridized carbons (Fsp3) is 0.583. The monoisotopic (exact) mass is 223 g/mol. The molecule has 1 atom stereocenters. The Kier molecular flexibility index (Phi) is 5.22. The fourth-order valence-electron chi connectivity index (χ4n) is 1.54. The van der Waals surface area contributed by atoms with E-state index in [1.54, 1.807) is 7.11 Å². The zero-order valence-corrected chi connectivity index (χ0v) is 10.5. The third kappa shape index (κ3) is 4.59. The molecule has 1 heterocycles. The van der Waals surface area contributed by atoms with Gasteiger partial charge in [0, 0.05) is 31.4 Å². The van der Waals surface area contributed by atoms with Crippen LogP contribution in [0.2, 0.25) is 0 Å². The molecule has 1 aromatic heterocycles. The van der Waals surface area contributed by atoms with Crippen LogP contribution in [0, 0.1) is 0 Å². The van der Waals surface area contributed by atoms with E-state index < -0.39 is 0 Å². The number of pyridine rings is 1. The van der Waals surface area contributed by atoms with Crippen molar-refractivity contribution in [2.45, 2.75) is 19.5 Å². The molecule has 0 aliphatic carbocycles. The summed E-state index contributed by atoms with van der Waals surface area (Å²) in [5.41, 5.74) is 1.17. The summed E-state index contributed by atoms with van der Waals surface area (Å²) >= 11 is 0. The zero-order valence-electron chi connectivity index (χ0n) is 10.5. The first-order chi connectivity index (χ1) is 7.61. The molecule has 0 saturated carbocycles. The second-order valence-electron chi connectivity index (χ2n) is 4.25. The lowest BCUT2D eigenvalue weighted by Crippen LogP contribution is -2.35. The Morgan fingerprint density at radius 3 is 2.69 bits per heavy atom. The molecular weight excluding hydrogens is 202 g/mol. The molecule has 4 heteroatoms. The highest BCUT2D eigenvalue weighted by molar-refractivity contribution is 5.17. The zero-order chi connectivity index (χ0) is 12.0. The third-order valence-electron chi connectivity index (χ3n) is 2.30. The van der Waals surface area contributed by atoms with Gasteiger partial charge in [0.15, 0.2) is 0 Å². The summed E-state index contributed by atoms with van der Waals surface area (Å²) in [4.78, 5) is 6.33. The lowest BCUT2D eigenvalue weighted by molar-refractivity contribution is 0.349. The maximum atomic E-state index is 5.01. The van der Waals surface area contributed by atoms with E-state index in [1.165, 1.54) is 5.56 Å². The van der Waals surface area contributed by atoms with Crippen molar-refractivity contribution in [2.75, 3.05) is 27.7 Å². The van der Waals surface area contributed by atoms with Crippen LogP contribution in [0.1, 0.15) is 12.5 Å².